The van der Waals surface area contributed by atoms with E-state index in [2.05, 4.69) is 219 Å². The van der Waals surface area contributed by atoms with Crippen molar-refractivity contribution in [2.75, 3.05) is 4.90 Å². The lowest BCUT2D eigenvalue weighted by molar-refractivity contribution is 0.666. The number of anilines is 3. The normalized spacial score (nSPS) is 12.8. The molecule has 9 aromatic rings. The summed E-state index contributed by atoms with van der Waals surface area (Å²) < 4.78 is 0. The van der Waals surface area contributed by atoms with Crippen molar-refractivity contribution in [1.82, 2.24) is 0 Å². The summed E-state index contributed by atoms with van der Waals surface area (Å²) in [5.74, 6) is 0. The van der Waals surface area contributed by atoms with E-state index in [0.29, 0.717) is 0 Å². The third-order valence-electron chi connectivity index (χ3n) is 11.3. The molecule has 9 aromatic carbocycles. The second kappa shape index (κ2) is 12.8. The van der Waals surface area contributed by atoms with Crippen LogP contribution in [0.4, 0.5) is 17.1 Å². The second-order valence-electron chi connectivity index (χ2n) is 15.0. The molecule has 1 aliphatic carbocycles. The highest BCUT2D eigenvalue weighted by Crippen LogP contribution is 2.55. The van der Waals surface area contributed by atoms with Crippen molar-refractivity contribution >= 4 is 38.6 Å². The first kappa shape index (κ1) is 32.0. The molecule has 54 heavy (non-hydrogen) atoms. The zero-order valence-electron chi connectivity index (χ0n) is 30.5. The molecule has 0 saturated carbocycles. The Kier molecular flexibility index (Phi) is 7.56. The summed E-state index contributed by atoms with van der Waals surface area (Å²) in [5.41, 5.74) is 16.1. The highest BCUT2D eigenvalue weighted by atomic mass is 15.1. The molecule has 0 N–H and O–H groups in total. The molecular formula is C53H39N. The van der Waals surface area contributed by atoms with Gasteiger partial charge in [-0.3, -0.25) is 0 Å². The van der Waals surface area contributed by atoms with Crippen LogP contribution in [0.5, 0.6) is 0 Å². The predicted octanol–water partition coefficient (Wildman–Crippen LogP) is 14.8. The number of hydrogen-bond donors (Lipinski definition) is 0. The third-order valence-corrected chi connectivity index (χ3v) is 11.3. The first-order chi connectivity index (χ1) is 26.5. The summed E-state index contributed by atoms with van der Waals surface area (Å²) >= 11 is 0. The van der Waals surface area contributed by atoms with Gasteiger partial charge in [-0.05, 0) is 132 Å². The van der Waals surface area contributed by atoms with Crippen molar-refractivity contribution in [2.45, 2.75) is 19.3 Å². The Hall–Kier alpha value is -6.70. The second-order valence-corrected chi connectivity index (χ2v) is 15.0. The summed E-state index contributed by atoms with van der Waals surface area (Å²) in [4.78, 5) is 2.39. The van der Waals surface area contributed by atoms with E-state index in [9.17, 15) is 0 Å². The SMILES string of the molecule is CC1(C)c2ccccc2-c2c(-c3ccc4cc(N(c5ccccc5)c5cc(-c6ccccc6)cc(-c6ccccc6)c5)ccc4c3)cc3ccccc3c21. The van der Waals surface area contributed by atoms with E-state index >= 15 is 0 Å². The zero-order valence-corrected chi connectivity index (χ0v) is 30.5. The van der Waals surface area contributed by atoms with Gasteiger partial charge in [0.25, 0.3) is 0 Å². The minimum absolute atomic E-state index is 0.0909. The van der Waals surface area contributed by atoms with Crippen molar-refractivity contribution < 1.29 is 0 Å². The van der Waals surface area contributed by atoms with E-state index in [1.165, 1.54) is 77.2 Å². The minimum atomic E-state index is -0.0909. The molecule has 0 fully saturated rings. The Balaban J connectivity index is 1.13. The number of rotatable bonds is 6. The number of nitrogens with zero attached hydrogens (tertiary/aromatic N) is 1. The maximum absolute atomic E-state index is 2.41. The highest BCUT2D eigenvalue weighted by molar-refractivity contribution is 6.06. The van der Waals surface area contributed by atoms with E-state index in [4.69, 9.17) is 0 Å². The van der Waals surface area contributed by atoms with Crippen molar-refractivity contribution in [3.8, 4) is 44.5 Å². The molecule has 0 atom stereocenters. The number of para-hydroxylation sites is 1. The quantitative estimate of drug-likeness (QED) is 0.168. The van der Waals surface area contributed by atoms with E-state index in [1.807, 2.05) is 0 Å². The minimum Gasteiger partial charge on any atom is -0.310 e. The largest absolute Gasteiger partial charge is 0.310 e. The van der Waals surface area contributed by atoms with Gasteiger partial charge in [-0.25, -0.2) is 0 Å². The number of fused-ring (bicyclic) bond motifs is 6. The van der Waals surface area contributed by atoms with Crippen LogP contribution in [-0.4, -0.2) is 0 Å². The first-order valence-corrected chi connectivity index (χ1v) is 18.8. The van der Waals surface area contributed by atoms with E-state index < -0.39 is 0 Å². The van der Waals surface area contributed by atoms with Crippen LogP contribution in [0.25, 0.3) is 66.1 Å². The van der Waals surface area contributed by atoms with Gasteiger partial charge in [0.05, 0.1) is 0 Å². The fraction of sp³-hybridized carbons (Fsp3) is 0.0566. The van der Waals surface area contributed by atoms with Crippen LogP contribution in [0, 0.1) is 0 Å². The molecule has 10 rings (SSSR count). The van der Waals surface area contributed by atoms with Crippen LogP contribution in [0.15, 0.2) is 200 Å². The van der Waals surface area contributed by atoms with Crippen molar-refractivity contribution in [3.63, 3.8) is 0 Å². The lowest BCUT2D eigenvalue weighted by Crippen LogP contribution is -2.15. The van der Waals surface area contributed by atoms with Crippen LogP contribution in [0.3, 0.4) is 0 Å². The van der Waals surface area contributed by atoms with Gasteiger partial charge in [-0.2, -0.15) is 0 Å². The number of benzene rings is 9. The molecule has 0 amide bonds. The summed E-state index contributed by atoms with van der Waals surface area (Å²) in [7, 11) is 0. The summed E-state index contributed by atoms with van der Waals surface area (Å²) in [6.07, 6.45) is 0. The van der Waals surface area contributed by atoms with Gasteiger partial charge in [-0.1, -0.05) is 159 Å². The molecule has 1 heteroatoms. The Bertz CT molecular complexity index is 2780. The summed E-state index contributed by atoms with van der Waals surface area (Å²) in [6, 6.07) is 73.3. The Morgan fingerprint density at radius 1 is 0.352 bits per heavy atom. The van der Waals surface area contributed by atoms with Gasteiger partial charge in [0.15, 0.2) is 0 Å². The van der Waals surface area contributed by atoms with E-state index in [-0.39, 0.29) is 5.41 Å². The highest BCUT2D eigenvalue weighted by Gasteiger charge is 2.38. The van der Waals surface area contributed by atoms with Crippen molar-refractivity contribution in [3.05, 3.63) is 211 Å². The van der Waals surface area contributed by atoms with Crippen LogP contribution in [0.2, 0.25) is 0 Å². The molecule has 1 nitrogen and oxygen atoms in total. The third kappa shape index (κ3) is 5.32. The Labute approximate surface area is 317 Å². The van der Waals surface area contributed by atoms with E-state index in [1.54, 1.807) is 0 Å². The Morgan fingerprint density at radius 3 is 1.67 bits per heavy atom. The van der Waals surface area contributed by atoms with Crippen molar-refractivity contribution in [1.29, 1.82) is 0 Å². The van der Waals surface area contributed by atoms with Gasteiger partial charge in [0.1, 0.15) is 0 Å². The van der Waals surface area contributed by atoms with Crippen molar-refractivity contribution in [2.24, 2.45) is 0 Å². The van der Waals surface area contributed by atoms with Gasteiger partial charge in [0, 0.05) is 22.5 Å². The monoisotopic (exact) mass is 689 g/mol. The average Bonchev–Trinajstić information content (AvgIpc) is 3.48. The maximum Gasteiger partial charge on any atom is 0.0473 e. The van der Waals surface area contributed by atoms with Crippen LogP contribution in [0.1, 0.15) is 25.0 Å². The smallest absolute Gasteiger partial charge is 0.0473 e. The van der Waals surface area contributed by atoms with Gasteiger partial charge in [-0.15, -0.1) is 0 Å². The molecule has 0 radical (unpaired) electrons. The molecule has 0 spiro atoms. The van der Waals surface area contributed by atoms with Gasteiger partial charge >= 0.3 is 0 Å². The lowest BCUT2D eigenvalue weighted by atomic mass is 9.79. The standard InChI is InChI=1S/C53H39N/c1-53(2)50-25-15-14-24-48(50)51-49(35-40-20-12-13-23-47(40)52(51)53)41-27-26-39-32-45(29-28-38(39)30-41)54(44-21-10-5-11-22-44)46-33-42(36-16-6-3-7-17-36)31-43(34-46)37-18-8-4-9-19-37/h3-35H,1-2H3. The first-order valence-electron chi connectivity index (χ1n) is 18.8. The lowest BCUT2D eigenvalue weighted by Gasteiger charge is -2.27. The fourth-order valence-electron chi connectivity index (χ4n) is 8.78. The zero-order chi connectivity index (χ0) is 36.2. The summed E-state index contributed by atoms with van der Waals surface area (Å²) in [5, 5.41) is 5.06. The molecule has 0 aromatic heterocycles. The molecule has 1 aliphatic rings. The van der Waals surface area contributed by atoms with Crippen LogP contribution < -0.4 is 4.90 Å². The van der Waals surface area contributed by atoms with Crippen LogP contribution in [-0.2, 0) is 5.41 Å². The average molecular weight is 690 g/mol. The topological polar surface area (TPSA) is 3.24 Å². The molecule has 0 aliphatic heterocycles. The molecule has 256 valence electrons. The predicted molar refractivity (Wildman–Crippen MR) is 230 cm³/mol. The van der Waals surface area contributed by atoms with Gasteiger partial charge in [0.2, 0.25) is 0 Å². The van der Waals surface area contributed by atoms with Crippen LogP contribution >= 0.6 is 0 Å². The molecule has 0 saturated heterocycles. The fourth-order valence-corrected chi connectivity index (χ4v) is 8.78. The van der Waals surface area contributed by atoms with E-state index in [0.717, 1.165) is 17.1 Å². The summed E-state index contributed by atoms with van der Waals surface area (Å²) in [6.45, 7) is 4.76. The number of hydrogen-bond acceptors (Lipinski definition) is 1. The molecular weight excluding hydrogens is 651 g/mol. The molecule has 0 heterocycles. The van der Waals surface area contributed by atoms with Gasteiger partial charge < -0.3 is 4.90 Å². The molecule has 0 bridgehead atoms. The molecule has 0 unspecified atom stereocenters. The Morgan fingerprint density at radius 2 is 0.944 bits per heavy atom. The maximum atomic E-state index is 2.41.